The van der Waals surface area contributed by atoms with Crippen molar-refractivity contribution in [2.75, 3.05) is 5.32 Å². The minimum Gasteiger partial charge on any atom is -0.481 e. The molecule has 3 N–H and O–H groups in total. The minimum atomic E-state index is -0.722. The molecule has 1 aliphatic rings. The lowest BCUT2D eigenvalue weighted by Crippen LogP contribution is -2.21. The molecule has 1 aliphatic carbocycles. The van der Waals surface area contributed by atoms with Gasteiger partial charge in [0.15, 0.2) is 0 Å². The molecule has 3 aromatic heterocycles. The van der Waals surface area contributed by atoms with Gasteiger partial charge in [-0.3, -0.25) is 9.89 Å². The number of aromatic nitrogens is 4. The molecule has 136 valence electrons. The summed E-state index contributed by atoms with van der Waals surface area (Å²) in [4.78, 5) is 22.2. The third-order valence-corrected chi connectivity index (χ3v) is 6.79. The normalized spacial score (nSPS) is 16.6. The van der Waals surface area contributed by atoms with Crippen LogP contribution in [0.4, 0.5) is 11.5 Å². The number of benzene rings is 1. The number of carboxylic acids is 1. The highest BCUT2D eigenvalue weighted by atomic mass is 79.9. The fourth-order valence-corrected chi connectivity index (χ4v) is 5.31. The zero-order valence-corrected chi connectivity index (χ0v) is 16.4. The number of fused-ring (bicyclic) bond motifs is 4. The van der Waals surface area contributed by atoms with E-state index in [0.29, 0.717) is 12.8 Å². The van der Waals surface area contributed by atoms with Gasteiger partial charge in [-0.2, -0.15) is 5.10 Å². The topological polar surface area (TPSA) is 104 Å². The molecule has 3 heterocycles. The molecule has 7 nitrogen and oxygen atoms in total. The lowest BCUT2D eigenvalue weighted by Gasteiger charge is -2.18. The molecule has 0 saturated carbocycles. The molecule has 0 spiro atoms. The van der Waals surface area contributed by atoms with Crippen molar-refractivity contribution in [3.63, 3.8) is 0 Å². The number of anilines is 2. The molecule has 9 heteroatoms. The van der Waals surface area contributed by atoms with Crippen molar-refractivity contribution in [2.24, 2.45) is 5.92 Å². The van der Waals surface area contributed by atoms with E-state index in [0.717, 1.165) is 48.4 Å². The number of aryl methyl sites for hydroxylation is 1. The van der Waals surface area contributed by atoms with Gasteiger partial charge in [-0.1, -0.05) is 0 Å². The first-order valence-electron chi connectivity index (χ1n) is 8.48. The summed E-state index contributed by atoms with van der Waals surface area (Å²) < 4.78 is 0.904. The molecule has 0 amide bonds. The summed E-state index contributed by atoms with van der Waals surface area (Å²) in [7, 11) is 0. The van der Waals surface area contributed by atoms with E-state index in [1.165, 1.54) is 5.56 Å². The average Bonchev–Trinajstić information content (AvgIpc) is 3.25. The number of hydrogen-bond acceptors (Lipinski definition) is 6. The number of rotatable bonds is 3. The van der Waals surface area contributed by atoms with Crippen LogP contribution in [0.25, 0.3) is 21.1 Å². The van der Waals surface area contributed by atoms with Crippen LogP contribution in [0.5, 0.6) is 0 Å². The standard InChI is InChI=1S/C18H14BrN5O2S/c19-11-5-12-9(6-22-24-12)3-13(11)23-16-15-10-2-1-8(18(25)26)4-14(10)27-17(15)21-7-20-16/h3,5-8H,1-2,4H2,(H,22,24)(H,25,26)(H,20,21,23). The maximum Gasteiger partial charge on any atom is 0.306 e. The molecule has 0 saturated heterocycles. The van der Waals surface area contributed by atoms with Crippen molar-refractivity contribution in [1.29, 1.82) is 0 Å². The van der Waals surface area contributed by atoms with E-state index in [4.69, 9.17) is 0 Å². The Kier molecular flexibility index (Phi) is 3.87. The summed E-state index contributed by atoms with van der Waals surface area (Å²) in [5.74, 6) is -0.290. The smallest absolute Gasteiger partial charge is 0.306 e. The fraction of sp³-hybridized carbons (Fsp3) is 0.222. The molecule has 0 fully saturated rings. The molecule has 1 aromatic carbocycles. The monoisotopic (exact) mass is 443 g/mol. The van der Waals surface area contributed by atoms with Crippen LogP contribution in [0.15, 0.2) is 29.1 Å². The lowest BCUT2D eigenvalue weighted by molar-refractivity contribution is -0.142. The van der Waals surface area contributed by atoms with Gasteiger partial charge >= 0.3 is 5.97 Å². The highest BCUT2D eigenvalue weighted by Crippen LogP contribution is 2.41. The summed E-state index contributed by atoms with van der Waals surface area (Å²) in [6.45, 7) is 0. The number of nitrogens with one attached hydrogen (secondary N) is 2. The zero-order valence-electron chi connectivity index (χ0n) is 14.0. The highest BCUT2D eigenvalue weighted by Gasteiger charge is 2.28. The first-order valence-corrected chi connectivity index (χ1v) is 10.1. The summed E-state index contributed by atoms with van der Waals surface area (Å²) >= 11 is 5.17. The van der Waals surface area contributed by atoms with Gasteiger partial charge in [0, 0.05) is 14.7 Å². The Morgan fingerprint density at radius 3 is 3.11 bits per heavy atom. The second kappa shape index (κ2) is 6.28. The van der Waals surface area contributed by atoms with Crippen LogP contribution in [0.2, 0.25) is 0 Å². The van der Waals surface area contributed by atoms with E-state index < -0.39 is 5.97 Å². The van der Waals surface area contributed by atoms with Gasteiger partial charge in [0.1, 0.15) is 17.0 Å². The van der Waals surface area contributed by atoms with Crippen LogP contribution in [0, 0.1) is 5.92 Å². The number of halogens is 1. The number of aromatic amines is 1. The molecular weight excluding hydrogens is 430 g/mol. The predicted octanol–water partition coefficient (Wildman–Crippen LogP) is 4.26. The number of aliphatic carboxylic acids is 1. The molecular formula is C18H14BrN5O2S. The van der Waals surface area contributed by atoms with E-state index >= 15 is 0 Å². The molecule has 27 heavy (non-hydrogen) atoms. The van der Waals surface area contributed by atoms with Gasteiger partial charge in [-0.25, -0.2) is 9.97 Å². The van der Waals surface area contributed by atoms with Gasteiger partial charge in [-0.05, 0) is 52.9 Å². The lowest BCUT2D eigenvalue weighted by atomic mass is 9.88. The molecule has 5 rings (SSSR count). The summed E-state index contributed by atoms with van der Waals surface area (Å²) in [6.07, 6.45) is 5.27. The number of nitrogens with zero attached hydrogens (tertiary/aromatic N) is 3. The Hall–Kier alpha value is -2.52. The minimum absolute atomic E-state index is 0.312. The molecule has 0 radical (unpaired) electrons. The number of carbonyl (C=O) groups is 1. The van der Waals surface area contributed by atoms with E-state index in [2.05, 4.69) is 41.4 Å². The first kappa shape index (κ1) is 16.6. The van der Waals surface area contributed by atoms with E-state index in [9.17, 15) is 9.90 Å². The van der Waals surface area contributed by atoms with E-state index in [1.807, 2.05) is 12.1 Å². The maximum absolute atomic E-state index is 11.4. The molecule has 4 aromatic rings. The van der Waals surface area contributed by atoms with Crippen LogP contribution >= 0.6 is 27.3 Å². The van der Waals surface area contributed by atoms with Gasteiger partial charge in [0.05, 0.1) is 28.7 Å². The van der Waals surface area contributed by atoms with Gasteiger partial charge in [-0.15, -0.1) is 11.3 Å². The summed E-state index contributed by atoms with van der Waals surface area (Å²) in [6, 6.07) is 3.99. The zero-order chi connectivity index (χ0) is 18.5. The van der Waals surface area contributed by atoms with Crippen molar-refractivity contribution in [3.8, 4) is 0 Å². The molecule has 1 atom stereocenters. The van der Waals surface area contributed by atoms with Crippen molar-refractivity contribution in [2.45, 2.75) is 19.3 Å². The van der Waals surface area contributed by atoms with Crippen molar-refractivity contribution >= 4 is 65.9 Å². The quantitative estimate of drug-likeness (QED) is 0.436. The Balaban J connectivity index is 1.59. The predicted molar refractivity (Wildman–Crippen MR) is 108 cm³/mol. The van der Waals surface area contributed by atoms with Crippen LogP contribution < -0.4 is 5.32 Å². The molecule has 0 bridgehead atoms. The van der Waals surface area contributed by atoms with Crippen molar-refractivity contribution < 1.29 is 9.90 Å². The number of carboxylic acid groups (broad SMARTS) is 1. The second-order valence-electron chi connectivity index (χ2n) is 6.60. The summed E-state index contributed by atoms with van der Waals surface area (Å²) in [5.41, 5.74) is 3.02. The fourth-order valence-electron chi connectivity index (χ4n) is 3.60. The highest BCUT2D eigenvalue weighted by molar-refractivity contribution is 9.10. The Labute approximate surface area is 166 Å². The average molecular weight is 444 g/mol. The maximum atomic E-state index is 11.4. The van der Waals surface area contributed by atoms with Gasteiger partial charge < -0.3 is 10.4 Å². The second-order valence-corrected chi connectivity index (χ2v) is 8.54. The number of thiophene rings is 1. The summed E-state index contributed by atoms with van der Waals surface area (Å²) in [5, 5.41) is 21.8. The van der Waals surface area contributed by atoms with Crippen molar-refractivity contribution in [1.82, 2.24) is 20.2 Å². The van der Waals surface area contributed by atoms with Gasteiger partial charge in [0.25, 0.3) is 0 Å². The van der Waals surface area contributed by atoms with Crippen molar-refractivity contribution in [3.05, 3.63) is 39.6 Å². The Bertz CT molecular complexity index is 1200. The Morgan fingerprint density at radius 2 is 2.26 bits per heavy atom. The molecule has 1 unspecified atom stereocenters. The van der Waals surface area contributed by atoms with Crippen LogP contribution in [0.1, 0.15) is 16.9 Å². The SMILES string of the molecule is O=C(O)C1CCc2c(sc3ncnc(Nc4cc5cn[nH]c5cc4Br)c23)C1. The van der Waals surface area contributed by atoms with Crippen LogP contribution in [-0.4, -0.2) is 31.2 Å². The van der Waals surface area contributed by atoms with E-state index in [-0.39, 0.29) is 5.92 Å². The van der Waals surface area contributed by atoms with Crippen LogP contribution in [-0.2, 0) is 17.6 Å². The first-order chi connectivity index (χ1) is 13.1. The van der Waals surface area contributed by atoms with Gasteiger partial charge in [0.2, 0.25) is 0 Å². The third-order valence-electron chi connectivity index (χ3n) is 4.98. The number of hydrogen-bond donors (Lipinski definition) is 3. The van der Waals surface area contributed by atoms with E-state index in [1.54, 1.807) is 23.9 Å². The Morgan fingerprint density at radius 1 is 1.37 bits per heavy atom. The molecule has 0 aliphatic heterocycles. The third kappa shape index (κ3) is 2.78. The van der Waals surface area contributed by atoms with Crippen LogP contribution in [0.3, 0.4) is 0 Å². The number of H-pyrrole nitrogens is 1. The largest absolute Gasteiger partial charge is 0.481 e.